The van der Waals surface area contributed by atoms with Crippen molar-refractivity contribution in [3.8, 4) is 50.7 Å². The van der Waals surface area contributed by atoms with E-state index >= 15 is 0 Å². The largest absolute Gasteiger partial charge is 0.309 e. The third-order valence-electron chi connectivity index (χ3n) is 11.9. The number of nitrogens with zero attached hydrogens (tertiary/aromatic N) is 4. The van der Waals surface area contributed by atoms with E-state index in [-0.39, 0.29) is 0 Å². The second-order valence-corrected chi connectivity index (χ2v) is 15.2. The molecule has 0 radical (unpaired) electrons. The van der Waals surface area contributed by atoms with Gasteiger partial charge in [0, 0.05) is 44.2 Å². The molecule has 0 fully saturated rings. The van der Waals surface area contributed by atoms with E-state index in [0.29, 0.717) is 0 Å². The molecule has 0 aliphatic rings. The van der Waals surface area contributed by atoms with E-state index < -0.39 is 0 Å². The smallest absolute Gasteiger partial charge is 0.145 e. The first kappa shape index (κ1) is 33.2. The van der Waals surface area contributed by atoms with Crippen molar-refractivity contribution in [2.24, 2.45) is 0 Å². The lowest BCUT2D eigenvalue weighted by molar-refractivity contribution is 1.10. The van der Waals surface area contributed by atoms with Crippen molar-refractivity contribution in [1.29, 1.82) is 0 Å². The Morgan fingerprint density at radius 1 is 0.254 bits per heavy atom. The number of aromatic nitrogens is 4. The monoisotopic (exact) mass is 752 g/mol. The van der Waals surface area contributed by atoms with Crippen LogP contribution in [0, 0.1) is 0 Å². The number of benzene rings is 9. The number of para-hydroxylation sites is 5. The maximum atomic E-state index is 5.13. The summed E-state index contributed by atoms with van der Waals surface area (Å²) in [5.74, 6) is 0.925. The first-order valence-corrected chi connectivity index (χ1v) is 20.1. The van der Waals surface area contributed by atoms with Gasteiger partial charge in [-0.15, -0.1) is 0 Å². The van der Waals surface area contributed by atoms with Gasteiger partial charge in [0.2, 0.25) is 0 Å². The van der Waals surface area contributed by atoms with Crippen molar-refractivity contribution in [3.63, 3.8) is 0 Å². The standard InChI is InChI=1S/C55H36N4/c1-3-14-37(15-4-1)38-26-28-39(29-27-38)41-16-13-19-44(34-41)58-51-24-11-8-21-46(51)48-35-53-47(36-54(48)58)45-20-7-10-23-50(45)57(53)43-32-30-40(31-33-43)55-56-49-22-9-12-25-52(49)59(55)42-17-5-2-6-18-42/h1-36H. The fraction of sp³-hybridized carbons (Fsp3) is 0. The van der Waals surface area contributed by atoms with E-state index in [4.69, 9.17) is 4.98 Å². The molecule has 0 N–H and O–H groups in total. The van der Waals surface area contributed by atoms with Gasteiger partial charge in [-0.3, -0.25) is 4.57 Å². The van der Waals surface area contributed by atoms with Crippen LogP contribution in [0.25, 0.3) is 105 Å². The van der Waals surface area contributed by atoms with E-state index in [1.807, 2.05) is 0 Å². The normalized spacial score (nSPS) is 11.7. The van der Waals surface area contributed by atoms with Gasteiger partial charge in [0.05, 0.1) is 33.1 Å². The van der Waals surface area contributed by atoms with E-state index in [2.05, 4.69) is 232 Å². The third kappa shape index (κ3) is 5.34. The summed E-state index contributed by atoms with van der Waals surface area (Å²) < 4.78 is 7.11. The summed E-state index contributed by atoms with van der Waals surface area (Å²) >= 11 is 0. The van der Waals surface area contributed by atoms with Crippen LogP contribution in [0.15, 0.2) is 218 Å². The van der Waals surface area contributed by atoms with Gasteiger partial charge in [-0.25, -0.2) is 4.98 Å². The van der Waals surface area contributed by atoms with Crippen LogP contribution in [0.4, 0.5) is 0 Å². The number of fused-ring (bicyclic) bond motifs is 7. The van der Waals surface area contributed by atoms with E-state index in [0.717, 1.165) is 39.5 Å². The van der Waals surface area contributed by atoms with Crippen molar-refractivity contribution in [1.82, 2.24) is 18.7 Å². The molecule has 3 heterocycles. The molecule has 0 amide bonds. The van der Waals surface area contributed by atoms with Gasteiger partial charge in [-0.1, -0.05) is 133 Å². The summed E-state index contributed by atoms with van der Waals surface area (Å²) in [5.41, 5.74) is 16.0. The van der Waals surface area contributed by atoms with E-state index in [1.54, 1.807) is 0 Å². The Bertz CT molecular complexity index is 3520. The van der Waals surface area contributed by atoms with Crippen LogP contribution in [-0.2, 0) is 0 Å². The van der Waals surface area contributed by atoms with Crippen molar-refractivity contribution in [2.75, 3.05) is 0 Å². The molecule has 59 heavy (non-hydrogen) atoms. The van der Waals surface area contributed by atoms with Crippen LogP contribution in [0.3, 0.4) is 0 Å². The molecule has 0 saturated heterocycles. The number of hydrogen-bond donors (Lipinski definition) is 0. The number of imidazole rings is 1. The van der Waals surface area contributed by atoms with Gasteiger partial charge in [-0.05, 0) is 107 Å². The number of hydrogen-bond acceptors (Lipinski definition) is 1. The Labute approximate surface area is 341 Å². The van der Waals surface area contributed by atoms with Crippen LogP contribution in [0.5, 0.6) is 0 Å². The molecule has 0 aliphatic heterocycles. The molecule has 4 nitrogen and oxygen atoms in total. The molecule has 12 rings (SSSR count). The molecular weight excluding hydrogens is 717 g/mol. The summed E-state index contributed by atoms with van der Waals surface area (Å²) in [6.45, 7) is 0. The number of rotatable bonds is 6. The predicted molar refractivity (Wildman–Crippen MR) is 246 cm³/mol. The lowest BCUT2D eigenvalue weighted by Crippen LogP contribution is -1.98. The van der Waals surface area contributed by atoms with E-state index in [9.17, 15) is 0 Å². The van der Waals surface area contributed by atoms with Gasteiger partial charge in [0.15, 0.2) is 0 Å². The molecule has 0 saturated carbocycles. The maximum absolute atomic E-state index is 5.13. The highest BCUT2D eigenvalue weighted by molar-refractivity contribution is 6.19. The fourth-order valence-electron chi connectivity index (χ4n) is 9.11. The van der Waals surface area contributed by atoms with Gasteiger partial charge >= 0.3 is 0 Å². The first-order valence-electron chi connectivity index (χ1n) is 20.1. The zero-order chi connectivity index (χ0) is 38.9. The van der Waals surface area contributed by atoms with Crippen molar-refractivity contribution < 1.29 is 0 Å². The summed E-state index contributed by atoms with van der Waals surface area (Å²) in [5, 5.41) is 4.90. The van der Waals surface area contributed by atoms with Crippen molar-refractivity contribution in [2.45, 2.75) is 0 Å². The van der Waals surface area contributed by atoms with Crippen LogP contribution in [0.1, 0.15) is 0 Å². The van der Waals surface area contributed by atoms with Crippen molar-refractivity contribution in [3.05, 3.63) is 218 Å². The zero-order valence-electron chi connectivity index (χ0n) is 32.1. The summed E-state index contributed by atoms with van der Waals surface area (Å²) in [4.78, 5) is 5.13. The molecule has 9 aromatic carbocycles. The van der Waals surface area contributed by atoms with Crippen LogP contribution in [0.2, 0.25) is 0 Å². The zero-order valence-corrected chi connectivity index (χ0v) is 32.1. The van der Waals surface area contributed by atoms with Gasteiger partial charge < -0.3 is 9.13 Å². The molecule has 12 aromatic rings. The van der Waals surface area contributed by atoms with Crippen molar-refractivity contribution >= 4 is 54.6 Å². The lowest BCUT2D eigenvalue weighted by Gasteiger charge is -2.12. The highest BCUT2D eigenvalue weighted by Gasteiger charge is 2.20. The molecule has 3 aromatic heterocycles. The van der Waals surface area contributed by atoms with Crippen LogP contribution in [-0.4, -0.2) is 18.7 Å². The Balaban J connectivity index is 1.00. The second-order valence-electron chi connectivity index (χ2n) is 15.2. The Kier molecular flexibility index (Phi) is 7.50. The highest BCUT2D eigenvalue weighted by atomic mass is 15.1. The topological polar surface area (TPSA) is 27.7 Å². The summed E-state index contributed by atoms with van der Waals surface area (Å²) in [6.07, 6.45) is 0. The average molecular weight is 753 g/mol. The summed E-state index contributed by atoms with van der Waals surface area (Å²) in [6, 6.07) is 78.6. The third-order valence-corrected chi connectivity index (χ3v) is 11.9. The summed E-state index contributed by atoms with van der Waals surface area (Å²) in [7, 11) is 0. The predicted octanol–water partition coefficient (Wildman–Crippen LogP) is 14.2. The Morgan fingerprint density at radius 3 is 1.37 bits per heavy atom. The fourth-order valence-corrected chi connectivity index (χ4v) is 9.11. The van der Waals surface area contributed by atoms with Crippen LogP contribution >= 0.6 is 0 Å². The average Bonchev–Trinajstić information content (AvgIpc) is 3.97. The molecular formula is C55H36N4. The molecule has 0 aliphatic carbocycles. The minimum atomic E-state index is 0.925. The minimum absolute atomic E-state index is 0.925. The lowest BCUT2D eigenvalue weighted by atomic mass is 10.00. The highest BCUT2D eigenvalue weighted by Crippen LogP contribution is 2.40. The molecule has 0 spiro atoms. The molecule has 0 bridgehead atoms. The van der Waals surface area contributed by atoms with Gasteiger partial charge in [-0.2, -0.15) is 0 Å². The molecule has 276 valence electrons. The quantitative estimate of drug-likeness (QED) is 0.166. The molecule has 0 unspecified atom stereocenters. The molecule has 0 atom stereocenters. The molecule has 4 heteroatoms. The van der Waals surface area contributed by atoms with Gasteiger partial charge in [0.1, 0.15) is 5.82 Å². The van der Waals surface area contributed by atoms with Gasteiger partial charge in [0.25, 0.3) is 0 Å². The first-order chi connectivity index (χ1) is 29.3. The Morgan fingerprint density at radius 2 is 0.712 bits per heavy atom. The maximum Gasteiger partial charge on any atom is 0.145 e. The SMILES string of the molecule is c1ccc(-c2ccc(-c3cccc(-n4c5ccccc5c5cc6c(cc54)c4ccccc4n6-c4ccc(-c5nc6ccccc6n5-c5ccccc5)cc4)c3)cc2)cc1. The second kappa shape index (κ2) is 13.3. The van der Waals surface area contributed by atoms with Crippen LogP contribution < -0.4 is 0 Å². The Hall–Kier alpha value is -7.95. The minimum Gasteiger partial charge on any atom is -0.309 e. The van der Waals surface area contributed by atoms with E-state index in [1.165, 1.54) is 65.9 Å².